The average Bonchev–Trinajstić information content (AvgIpc) is 2.87. The molecular formula is C14H21NO2. The lowest BCUT2D eigenvalue weighted by atomic mass is 10.2. The first-order valence-electron chi connectivity index (χ1n) is 6.41. The standard InChI is InChI=1S/C14H21NO2/c1-2-7-17-14-5-3-4-12(9-14)10-15-13-6-8-16-11-13/h3-5,9,13,15H,2,6-8,10-11H2,1H3. The van der Waals surface area contributed by atoms with E-state index in [0.717, 1.165) is 45.0 Å². The zero-order valence-corrected chi connectivity index (χ0v) is 10.4. The Kier molecular flexibility index (Phi) is 4.83. The second-order valence-corrected chi connectivity index (χ2v) is 4.44. The Morgan fingerprint density at radius 3 is 3.18 bits per heavy atom. The van der Waals surface area contributed by atoms with Crippen LogP contribution in [-0.2, 0) is 11.3 Å². The van der Waals surface area contributed by atoms with Gasteiger partial charge in [-0.15, -0.1) is 0 Å². The molecule has 1 aromatic carbocycles. The molecule has 17 heavy (non-hydrogen) atoms. The van der Waals surface area contributed by atoms with Gasteiger partial charge >= 0.3 is 0 Å². The van der Waals surface area contributed by atoms with Crippen LogP contribution in [-0.4, -0.2) is 25.9 Å². The molecular weight excluding hydrogens is 214 g/mol. The first-order chi connectivity index (χ1) is 8.38. The molecule has 1 heterocycles. The fourth-order valence-corrected chi connectivity index (χ4v) is 1.92. The lowest BCUT2D eigenvalue weighted by molar-refractivity contribution is 0.190. The molecule has 1 N–H and O–H groups in total. The molecule has 0 aliphatic carbocycles. The molecule has 0 spiro atoms. The molecule has 0 radical (unpaired) electrons. The number of nitrogens with one attached hydrogen (secondary N) is 1. The van der Waals surface area contributed by atoms with Gasteiger partial charge in [0.1, 0.15) is 5.75 Å². The minimum absolute atomic E-state index is 0.509. The normalized spacial score (nSPS) is 19.5. The van der Waals surface area contributed by atoms with Crippen LogP contribution in [0.3, 0.4) is 0 Å². The molecule has 0 bridgehead atoms. The van der Waals surface area contributed by atoms with Crippen molar-refractivity contribution in [3.8, 4) is 5.75 Å². The fraction of sp³-hybridized carbons (Fsp3) is 0.571. The van der Waals surface area contributed by atoms with Crippen LogP contribution in [0.2, 0.25) is 0 Å². The number of benzene rings is 1. The molecule has 3 heteroatoms. The van der Waals surface area contributed by atoms with Crippen LogP contribution in [0, 0.1) is 0 Å². The van der Waals surface area contributed by atoms with Crippen molar-refractivity contribution in [1.82, 2.24) is 5.32 Å². The van der Waals surface area contributed by atoms with Gasteiger partial charge in [0, 0.05) is 19.2 Å². The average molecular weight is 235 g/mol. The van der Waals surface area contributed by atoms with Gasteiger partial charge in [-0.1, -0.05) is 19.1 Å². The molecule has 1 saturated heterocycles. The van der Waals surface area contributed by atoms with Crippen molar-refractivity contribution in [3.63, 3.8) is 0 Å². The largest absolute Gasteiger partial charge is 0.494 e. The molecule has 94 valence electrons. The van der Waals surface area contributed by atoms with Gasteiger partial charge in [0.15, 0.2) is 0 Å². The van der Waals surface area contributed by atoms with Crippen LogP contribution in [0.1, 0.15) is 25.3 Å². The van der Waals surface area contributed by atoms with E-state index in [2.05, 4.69) is 24.4 Å². The van der Waals surface area contributed by atoms with Gasteiger partial charge in [0.2, 0.25) is 0 Å². The Bertz CT molecular complexity index is 335. The Morgan fingerprint density at radius 1 is 1.47 bits per heavy atom. The summed E-state index contributed by atoms with van der Waals surface area (Å²) in [4.78, 5) is 0. The van der Waals surface area contributed by atoms with Gasteiger partial charge in [-0.2, -0.15) is 0 Å². The topological polar surface area (TPSA) is 30.5 Å². The van der Waals surface area contributed by atoms with Gasteiger partial charge < -0.3 is 14.8 Å². The molecule has 0 amide bonds. The van der Waals surface area contributed by atoms with E-state index in [-0.39, 0.29) is 0 Å². The first kappa shape index (κ1) is 12.4. The second-order valence-electron chi connectivity index (χ2n) is 4.44. The Hall–Kier alpha value is -1.06. The number of ether oxygens (including phenoxy) is 2. The van der Waals surface area contributed by atoms with E-state index in [0.29, 0.717) is 6.04 Å². The maximum absolute atomic E-state index is 5.62. The number of hydrogen-bond donors (Lipinski definition) is 1. The van der Waals surface area contributed by atoms with E-state index < -0.39 is 0 Å². The van der Waals surface area contributed by atoms with Crippen molar-refractivity contribution in [2.75, 3.05) is 19.8 Å². The fourth-order valence-electron chi connectivity index (χ4n) is 1.92. The highest BCUT2D eigenvalue weighted by molar-refractivity contribution is 5.28. The summed E-state index contributed by atoms with van der Waals surface area (Å²) in [6, 6.07) is 8.81. The van der Waals surface area contributed by atoms with Crippen LogP contribution in [0.5, 0.6) is 5.75 Å². The van der Waals surface area contributed by atoms with Crippen LogP contribution in [0.25, 0.3) is 0 Å². The third-order valence-corrected chi connectivity index (χ3v) is 2.90. The minimum atomic E-state index is 0.509. The molecule has 0 saturated carbocycles. The highest BCUT2D eigenvalue weighted by atomic mass is 16.5. The smallest absolute Gasteiger partial charge is 0.119 e. The molecule has 0 aromatic heterocycles. The third-order valence-electron chi connectivity index (χ3n) is 2.90. The van der Waals surface area contributed by atoms with Gasteiger partial charge in [0.05, 0.1) is 13.2 Å². The van der Waals surface area contributed by atoms with E-state index in [1.54, 1.807) is 0 Å². The lowest BCUT2D eigenvalue weighted by Crippen LogP contribution is -2.28. The Labute approximate surface area is 103 Å². The number of hydrogen-bond acceptors (Lipinski definition) is 3. The molecule has 1 aliphatic rings. The van der Waals surface area contributed by atoms with Crippen molar-refractivity contribution in [2.45, 2.75) is 32.4 Å². The molecule has 1 aliphatic heterocycles. The van der Waals surface area contributed by atoms with Gasteiger partial charge in [-0.05, 0) is 30.5 Å². The quantitative estimate of drug-likeness (QED) is 0.821. The van der Waals surface area contributed by atoms with Crippen LogP contribution in [0.4, 0.5) is 0 Å². The van der Waals surface area contributed by atoms with E-state index in [9.17, 15) is 0 Å². The van der Waals surface area contributed by atoms with E-state index >= 15 is 0 Å². The Balaban J connectivity index is 1.82. The Morgan fingerprint density at radius 2 is 2.41 bits per heavy atom. The molecule has 2 rings (SSSR count). The zero-order chi connectivity index (χ0) is 11.9. The monoisotopic (exact) mass is 235 g/mol. The van der Waals surface area contributed by atoms with Crippen molar-refractivity contribution in [2.24, 2.45) is 0 Å². The maximum atomic E-state index is 5.62. The summed E-state index contributed by atoms with van der Waals surface area (Å²) in [5, 5.41) is 3.50. The van der Waals surface area contributed by atoms with E-state index in [1.165, 1.54) is 5.56 Å². The van der Waals surface area contributed by atoms with Gasteiger partial charge in [-0.25, -0.2) is 0 Å². The minimum Gasteiger partial charge on any atom is -0.494 e. The molecule has 1 unspecified atom stereocenters. The summed E-state index contributed by atoms with van der Waals surface area (Å²) < 4.78 is 11.0. The second kappa shape index (κ2) is 6.62. The summed E-state index contributed by atoms with van der Waals surface area (Å²) in [5.74, 6) is 0.967. The van der Waals surface area contributed by atoms with Crippen LogP contribution in [0.15, 0.2) is 24.3 Å². The SMILES string of the molecule is CCCOc1cccc(CNC2CCOC2)c1. The summed E-state index contributed by atoms with van der Waals surface area (Å²) in [6.07, 6.45) is 2.16. The van der Waals surface area contributed by atoms with Crippen molar-refractivity contribution < 1.29 is 9.47 Å². The van der Waals surface area contributed by atoms with Crippen LogP contribution < -0.4 is 10.1 Å². The van der Waals surface area contributed by atoms with Gasteiger partial charge in [-0.3, -0.25) is 0 Å². The zero-order valence-electron chi connectivity index (χ0n) is 10.4. The summed E-state index contributed by atoms with van der Waals surface area (Å²) in [5.41, 5.74) is 1.27. The predicted molar refractivity (Wildman–Crippen MR) is 68.3 cm³/mol. The van der Waals surface area contributed by atoms with Crippen molar-refractivity contribution >= 4 is 0 Å². The summed E-state index contributed by atoms with van der Waals surface area (Å²) in [6.45, 7) is 5.51. The molecule has 3 nitrogen and oxygen atoms in total. The molecule has 1 atom stereocenters. The van der Waals surface area contributed by atoms with Crippen molar-refractivity contribution in [1.29, 1.82) is 0 Å². The molecule has 1 fully saturated rings. The van der Waals surface area contributed by atoms with Crippen molar-refractivity contribution in [3.05, 3.63) is 29.8 Å². The highest BCUT2D eigenvalue weighted by Gasteiger charge is 2.14. The van der Waals surface area contributed by atoms with E-state index in [4.69, 9.17) is 9.47 Å². The molecule has 1 aromatic rings. The summed E-state index contributed by atoms with van der Waals surface area (Å²) in [7, 11) is 0. The summed E-state index contributed by atoms with van der Waals surface area (Å²) >= 11 is 0. The third kappa shape index (κ3) is 4.02. The van der Waals surface area contributed by atoms with Crippen LogP contribution >= 0.6 is 0 Å². The maximum Gasteiger partial charge on any atom is 0.119 e. The lowest BCUT2D eigenvalue weighted by Gasteiger charge is -2.11. The predicted octanol–water partition coefficient (Wildman–Crippen LogP) is 2.35. The first-order valence-corrected chi connectivity index (χ1v) is 6.41. The van der Waals surface area contributed by atoms with Gasteiger partial charge in [0.25, 0.3) is 0 Å². The van der Waals surface area contributed by atoms with E-state index in [1.807, 2.05) is 12.1 Å². The number of rotatable bonds is 6. The highest BCUT2D eigenvalue weighted by Crippen LogP contribution is 2.14.